The maximum absolute atomic E-state index is 11.6. The monoisotopic (exact) mass is 422 g/mol. The van der Waals surface area contributed by atoms with Gasteiger partial charge in [0, 0.05) is 13.8 Å². The van der Waals surface area contributed by atoms with Gasteiger partial charge in [-0.05, 0) is 6.92 Å². The average molecular weight is 422 g/mol. The molecule has 0 radical (unpaired) electrons. The average Bonchev–Trinajstić information content (AvgIpc) is 2.65. The van der Waals surface area contributed by atoms with E-state index in [1.165, 1.54) is 13.8 Å². The number of hydrogen-bond acceptors (Lipinski definition) is 10. The molecule has 2 saturated heterocycles. The maximum atomic E-state index is 11.6. The van der Waals surface area contributed by atoms with Crippen molar-refractivity contribution in [1.82, 2.24) is 10.6 Å². The molecule has 0 bridgehead atoms. The fourth-order valence-corrected chi connectivity index (χ4v) is 3.62. The predicted molar refractivity (Wildman–Crippen MR) is 95.3 cm³/mol. The minimum atomic E-state index is -1.53. The molecular weight excluding hydrogens is 392 g/mol. The zero-order valence-electron chi connectivity index (χ0n) is 16.5. The molecule has 2 aliphatic heterocycles. The Balaban J connectivity index is 2.31. The van der Waals surface area contributed by atoms with E-state index in [0.29, 0.717) is 0 Å². The Kier molecular flexibility index (Phi) is 8.31. The molecule has 2 amide bonds. The van der Waals surface area contributed by atoms with Crippen LogP contribution >= 0.6 is 0 Å². The van der Waals surface area contributed by atoms with E-state index in [2.05, 4.69) is 10.6 Å². The van der Waals surface area contributed by atoms with E-state index in [0.717, 1.165) is 0 Å². The summed E-state index contributed by atoms with van der Waals surface area (Å²) >= 11 is 0. The van der Waals surface area contributed by atoms with Gasteiger partial charge in [-0.25, -0.2) is 0 Å². The Bertz CT molecular complexity index is 578. The minimum Gasteiger partial charge on any atom is -0.394 e. The molecule has 7 N–H and O–H groups in total. The van der Waals surface area contributed by atoms with Crippen molar-refractivity contribution < 1.29 is 49.3 Å². The molecule has 0 aliphatic carbocycles. The molecule has 2 rings (SSSR count). The van der Waals surface area contributed by atoms with Crippen molar-refractivity contribution in [2.45, 2.75) is 81.9 Å². The van der Waals surface area contributed by atoms with Crippen LogP contribution in [0, 0.1) is 0 Å². The van der Waals surface area contributed by atoms with Crippen LogP contribution in [0.3, 0.4) is 0 Å². The van der Waals surface area contributed by atoms with Gasteiger partial charge in [-0.1, -0.05) is 0 Å². The molecule has 0 saturated carbocycles. The van der Waals surface area contributed by atoms with Crippen LogP contribution in [0.5, 0.6) is 0 Å². The van der Waals surface area contributed by atoms with Crippen molar-refractivity contribution in [1.29, 1.82) is 0 Å². The van der Waals surface area contributed by atoms with Gasteiger partial charge in [0.05, 0.1) is 25.4 Å². The Morgan fingerprint density at radius 3 is 1.90 bits per heavy atom. The second-order valence-corrected chi connectivity index (χ2v) is 7.31. The molecule has 0 aromatic heterocycles. The zero-order valence-corrected chi connectivity index (χ0v) is 16.5. The summed E-state index contributed by atoms with van der Waals surface area (Å²) in [6.07, 6.45) is -9.81. The summed E-state index contributed by atoms with van der Waals surface area (Å²) in [6.45, 7) is 2.94. The lowest BCUT2D eigenvalue weighted by atomic mass is 9.92. The largest absolute Gasteiger partial charge is 0.394 e. The van der Waals surface area contributed by atoms with Gasteiger partial charge in [0.1, 0.15) is 42.7 Å². The van der Waals surface area contributed by atoms with Gasteiger partial charge >= 0.3 is 0 Å². The molecule has 29 heavy (non-hydrogen) atoms. The number of nitrogens with one attached hydrogen (secondary N) is 2. The molecule has 0 aromatic carbocycles. The normalized spacial score (nSPS) is 42.9. The van der Waals surface area contributed by atoms with Crippen LogP contribution in [0.25, 0.3) is 0 Å². The van der Waals surface area contributed by atoms with Crippen molar-refractivity contribution >= 4 is 11.8 Å². The van der Waals surface area contributed by atoms with Gasteiger partial charge in [-0.3, -0.25) is 9.59 Å². The minimum absolute atomic E-state index is 0.416. The lowest BCUT2D eigenvalue weighted by Crippen LogP contribution is -2.69. The van der Waals surface area contributed by atoms with E-state index < -0.39 is 86.1 Å². The molecule has 0 spiro atoms. The Morgan fingerprint density at radius 1 is 0.862 bits per heavy atom. The molecule has 12 nitrogen and oxygen atoms in total. The third-order valence-electron chi connectivity index (χ3n) is 5.06. The van der Waals surface area contributed by atoms with Crippen LogP contribution in [-0.2, 0) is 23.8 Å². The van der Waals surface area contributed by atoms with Gasteiger partial charge in [0.25, 0.3) is 0 Å². The van der Waals surface area contributed by atoms with E-state index in [-0.39, 0.29) is 0 Å². The van der Waals surface area contributed by atoms with Crippen molar-refractivity contribution in [3.8, 4) is 0 Å². The molecule has 10 atom stereocenters. The summed E-state index contributed by atoms with van der Waals surface area (Å²) in [7, 11) is 0. The van der Waals surface area contributed by atoms with Crippen molar-refractivity contribution in [3.05, 3.63) is 0 Å². The van der Waals surface area contributed by atoms with Crippen LogP contribution in [-0.4, -0.2) is 112 Å². The molecule has 2 aliphatic rings. The number of ether oxygens (including phenoxy) is 3. The number of aliphatic hydroxyl groups is 5. The summed E-state index contributed by atoms with van der Waals surface area (Å²) in [6, 6.07) is -2.07. The van der Waals surface area contributed by atoms with Crippen molar-refractivity contribution in [3.63, 3.8) is 0 Å². The van der Waals surface area contributed by atoms with Crippen LogP contribution < -0.4 is 10.6 Å². The third kappa shape index (κ3) is 5.41. The predicted octanol–water partition coefficient (Wildman–Crippen LogP) is -4.04. The standard InChI is InChI=1S/C17H30N2O10/c1-6-11(18-7(2)22)16(14(25)10(5-21)27-6)29-17-12(19-8(3)23)15(26)13(24)9(4-20)28-17/h6,9-17,20-21,24-26H,4-5H2,1-3H3,(H,18,22)(H,19,23)/t6-,9?,10?,11?,12?,13+,14-,15+,16+,17-/m0/s1. The molecule has 12 heteroatoms. The molecule has 168 valence electrons. The van der Waals surface area contributed by atoms with Gasteiger partial charge in [0.15, 0.2) is 6.29 Å². The molecule has 2 fully saturated rings. The van der Waals surface area contributed by atoms with Crippen LogP contribution in [0.1, 0.15) is 20.8 Å². The molecule has 2 heterocycles. The maximum Gasteiger partial charge on any atom is 0.217 e. The number of carbonyl (C=O) groups is 2. The van der Waals surface area contributed by atoms with Crippen LogP contribution in [0.15, 0.2) is 0 Å². The van der Waals surface area contributed by atoms with Crippen LogP contribution in [0.4, 0.5) is 0 Å². The zero-order chi connectivity index (χ0) is 21.9. The van der Waals surface area contributed by atoms with E-state index in [1.54, 1.807) is 6.92 Å². The van der Waals surface area contributed by atoms with E-state index >= 15 is 0 Å². The first-order valence-corrected chi connectivity index (χ1v) is 9.37. The highest BCUT2D eigenvalue weighted by Crippen LogP contribution is 2.29. The second kappa shape index (κ2) is 10.1. The smallest absolute Gasteiger partial charge is 0.217 e. The van der Waals surface area contributed by atoms with Gasteiger partial charge in [-0.15, -0.1) is 0 Å². The number of aliphatic hydroxyl groups excluding tert-OH is 5. The lowest BCUT2D eigenvalue weighted by Gasteiger charge is -2.48. The number of carbonyl (C=O) groups excluding carboxylic acids is 2. The SMILES string of the molecule is CC(=O)NC1[C@H](O[C@@H]2C(NC(C)=O)[C@H](C)OC(CO)[C@@H]2O)OC(CO)[C@@H](O)[C@@H]1O. The van der Waals surface area contributed by atoms with Gasteiger partial charge in [0.2, 0.25) is 11.8 Å². The molecule has 4 unspecified atom stereocenters. The Morgan fingerprint density at radius 2 is 1.38 bits per heavy atom. The number of hydrogen-bond donors (Lipinski definition) is 7. The quantitative estimate of drug-likeness (QED) is 0.222. The summed E-state index contributed by atoms with van der Waals surface area (Å²) < 4.78 is 16.9. The Hall–Kier alpha value is -1.38. The first-order chi connectivity index (χ1) is 13.6. The summed E-state index contributed by atoms with van der Waals surface area (Å²) in [5.41, 5.74) is 0. The number of rotatable bonds is 6. The topological polar surface area (TPSA) is 187 Å². The first kappa shape index (κ1) is 23.9. The summed E-state index contributed by atoms with van der Waals surface area (Å²) in [5.74, 6) is -0.950. The fourth-order valence-electron chi connectivity index (χ4n) is 3.62. The summed E-state index contributed by atoms with van der Waals surface area (Å²) in [4.78, 5) is 23.2. The lowest BCUT2D eigenvalue weighted by molar-refractivity contribution is -0.308. The highest BCUT2D eigenvalue weighted by molar-refractivity contribution is 5.73. The molecule has 0 aromatic rings. The Labute approximate surface area is 167 Å². The van der Waals surface area contributed by atoms with Crippen LogP contribution in [0.2, 0.25) is 0 Å². The molecular formula is C17H30N2O10. The second-order valence-electron chi connectivity index (χ2n) is 7.31. The van der Waals surface area contributed by atoms with Gasteiger partial charge < -0.3 is 50.4 Å². The van der Waals surface area contributed by atoms with Gasteiger partial charge in [-0.2, -0.15) is 0 Å². The first-order valence-electron chi connectivity index (χ1n) is 9.37. The van der Waals surface area contributed by atoms with Crippen molar-refractivity contribution in [2.75, 3.05) is 13.2 Å². The van der Waals surface area contributed by atoms with Crippen molar-refractivity contribution in [2.24, 2.45) is 0 Å². The summed E-state index contributed by atoms with van der Waals surface area (Å²) in [5, 5.41) is 55.0. The third-order valence-corrected chi connectivity index (χ3v) is 5.06. The highest BCUT2D eigenvalue weighted by atomic mass is 16.7. The van der Waals surface area contributed by atoms with E-state index in [4.69, 9.17) is 14.2 Å². The number of amides is 2. The van der Waals surface area contributed by atoms with E-state index in [9.17, 15) is 35.1 Å². The van der Waals surface area contributed by atoms with E-state index in [1.807, 2.05) is 0 Å². The highest BCUT2D eigenvalue weighted by Gasteiger charge is 2.50. The fraction of sp³-hybridized carbons (Fsp3) is 0.882.